The van der Waals surface area contributed by atoms with Crippen LogP contribution in [0.1, 0.15) is 0 Å². The van der Waals surface area contributed by atoms with Crippen molar-refractivity contribution >= 4 is 46.4 Å². The molecule has 0 aliphatic heterocycles. The summed E-state index contributed by atoms with van der Waals surface area (Å²) in [6.07, 6.45) is 15.5. The summed E-state index contributed by atoms with van der Waals surface area (Å²) >= 11 is 0. The Labute approximate surface area is 196 Å². The van der Waals surface area contributed by atoms with Crippen molar-refractivity contribution in [3.8, 4) is 0 Å². The first-order chi connectivity index (χ1) is 16.6. The lowest BCUT2D eigenvalue weighted by molar-refractivity contribution is 0.591. The van der Waals surface area contributed by atoms with Crippen LogP contribution in [0, 0.1) is 0 Å². The van der Waals surface area contributed by atoms with Gasteiger partial charge in [0, 0.05) is 70.8 Å². The lowest BCUT2D eigenvalue weighted by Crippen LogP contribution is -2.35. The summed E-state index contributed by atoms with van der Waals surface area (Å²) in [5.74, 6) is 0. The molecule has 0 amide bonds. The SMILES string of the molecule is O=P(c1cccnc1)(c1cccnc1)c1cncc(P(=O)(c2cccnc2)c2cccnc2)n1. The van der Waals surface area contributed by atoms with Gasteiger partial charge < -0.3 is 9.13 Å². The number of nitrogens with zero attached hydrogens (tertiary/aromatic N) is 6. The van der Waals surface area contributed by atoms with Crippen LogP contribution in [0.4, 0.5) is 0 Å². The maximum atomic E-state index is 14.7. The molecule has 0 aliphatic carbocycles. The van der Waals surface area contributed by atoms with E-state index in [4.69, 9.17) is 4.98 Å². The molecule has 0 unspecified atom stereocenters. The highest BCUT2D eigenvalue weighted by Gasteiger charge is 2.37. The second-order valence-electron chi connectivity index (χ2n) is 7.30. The van der Waals surface area contributed by atoms with Crippen molar-refractivity contribution in [2.45, 2.75) is 0 Å². The maximum Gasteiger partial charge on any atom is 0.193 e. The zero-order valence-electron chi connectivity index (χ0n) is 17.8. The predicted octanol–water partition coefficient (Wildman–Crippen LogP) is 1.34. The lowest BCUT2D eigenvalue weighted by atomic mass is 10.5. The zero-order chi connectivity index (χ0) is 23.4. The van der Waals surface area contributed by atoms with Gasteiger partial charge in [0.15, 0.2) is 14.3 Å². The highest BCUT2D eigenvalue weighted by atomic mass is 31.2. The molecule has 0 fully saturated rings. The molecular weight excluding hydrogens is 466 g/mol. The Hall–Kier alpha value is -3.86. The molecule has 8 nitrogen and oxygen atoms in total. The highest BCUT2D eigenvalue weighted by Crippen LogP contribution is 2.43. The van der Waals surface area contributed by atoms with Gasteiger partial charge in [-0.3, -0.25) is 24.9 Å². The van der Waals surface area contributed by atoms with E-state index in [2.05, 4.69) is 24.9 Å². The van der Waals surface area contributed by atoms with E-state index < -0.39 is 14.3 Å². The lowest BCUT2D eigenvalue weighted by Gasteiger charge is -2.21. The van der Waals surface area contributed by atoms with Gasteiger partial charge in [0.1, 0.15) is 10.9 Å². The van der Waals surface area contributed by atoms with Gasteiger partial charge in [-0.1, -0.05) is 0 Å². The van der Waals surface area contributed by atoms with E-state index in [-0.39, 0.29) is 10.9 Å². The highest BCUT2D eigenvalue weighted by molar-refractivity contribution is 7.86. The first-order valence-corrected chi connectivity index (χ1v) is 13.7. The van der Waals surface area contributed by atoms with Crippen molar-refractivity contribution in [1.29, 1.82) is 0 Å². The second-order valence-corrected chi connectivity index (χ2v) is 12.7. The molecule has 0 N–H and O–H groups in total. The Morgan fingerprint density at radius 1 is 0.441 bits per heavy atom. The van der Waals surface area contributed by atoms with Gasteiger partial charge in [0.25, 0.3) is 0 Å². The Morgan fingerprint density at radius 3 is 1.03 bits per heavy atom. The van der Waals surface area contributed by atoms with Crippen molar-refractivity contribution in [1.82, 2.24) is 29.9 Å². The summed E-state index contributed by atoms with van der Waals surface area (Å²) in [5.41, 5.74) is 0.387. The Kier molecular flexibility index (Phi) is 5.93. The van der Waals surface area contributed by atoms with Crippen molar-refractivity contribution in [2.75, 3.05) is 0 Å². The summed E-state index contributed by atoms with van der Waals surface area (Å²) < 4.78 is 29.3. The Bertz CT molecular complexity index is 1310. The van der Waals surface area contributed by atoms with Gasteiger partial charge in [0.05, 0.1) is 12.4 Å². The molecule has 0 aliphatic rings. The number of rotatable bonds is 6. The minimum absolute atomic E-state index is 0.194. The first kappa shape index (κ1) is 22.0. The monoisotopic (exact) mass is 484 g/mol. The van der Waals surface area contributed by atoms with Crippen LogP contribution in [0.5, 0.6) is 0 Å². The predicted molar refractivity (Wildman–Crippen MR) is 132 cm³/mol. The number of hydrogen-bond donors (Lipinski definition) is 0. The zero-order valence-corrected chi connectivity index (χ0v) is 19.6. The van der Waals surface area contributed by atoms with E-state index in [1.807, 2.05) is 0 Å². The Morgan fingerprint density at radius 2 is 0.765 bits per heavy atom. The minimum Gasteiger partial charge on any atom is -0.307 e. The smallest absolute Gasteiger partial charge is 0.193 e. The summed E-state index contributed by atoms with van der Waals surface area (Å²) in [6.45, 7) is 0. The molecule has 5 heterocycles. The third kappa shape index (κ3) is 3.77. The van der Waals surface area contributed by atoms with Crippen molar-refractivity contribution in [3.63, 3.8) is 0 Å². The van der Waals surface area contributed by atoms with Gasteiger partial charge in [0.2, 0.25) is 0 Å². The first-order valence-electron chi connectivity index (χ1n) is 10.3. The van der Waals surface area contributed by atoms with Crippen molar-refractivity contribution in [2.24, 2.45) is 0 Å². The van der Waals surface area contributed by atoms with Gasteiger partial charge in [-0.15, -0.1) is 0 Å². The van der Waals surface area contributed by atoms with Crippen LogP contribution in [-0.2, 0) is 9.13 Å². The van der Waals surface area contributed by atoms with Crippen LogP contribution in [0.3, 0.4) is 0 Å². The van der Waals surface area contributed by atoms with Crippen LogP contribution in [-0.4, -0.2) is 29.9 Å². The molecule has 0 spiro atoms. The van der Waals surface area contributed by atoms with Crippen LogP contribution >= 0.6 is 14.3 Å². The fourth-order valence-corrected chi connectivity index (χ4v) is 8.43. The number of hydrogen-bond acceptors (Lipinski definition) is 8. The topological polar surface area (TPSA) is 111 Å². The van der Waals surface area contributed by atoms with Crippen LogP contribution in [0.15, 0.2) is 110 Å². The van der Waals surface area contributed by atoms with Crippen LogP contribution < -0.4 is 32.1 Å². The molecule has 0 atom stereocenters. The van der Waals surface area contributed by atoms with E-state index in [1.54, 1.807) is 98.1 Å². The van der Waals surface area contributed by atoms with E-state index in [1.165, 1.54) is 12.4 Å². The van der Waals surface area contributed by atoms with E-state index in [9.17, 15) is 9.13 Å². The average Bonchev–Trinajstić information content (AvgIpc) is 2.94. The molecule has 0 radical (unpaired) electrons. The molecule has 166 valence electrons. The molecule has 0 saturated heterocycles. The summed E-state index contributed by atoms with van der Waals surface area (Å²) in [7, 11) is -7.01. The third-order valence-corrected chi connectivity index (χ3v) is 11.0. The third-order valence-electron chi connectivity index (χ3n) is 5.29. The molecule has 10 heteroatoms. The van der Waals surface area contributed by atoms with Gasteiger partial charge in [-0.2, -0.15) is 0 Å². The molecule has 34 heavy (non-hydrogen) atoms. The van der Waals surface area contributed by atoms with Crippen molar-refractivity contribution < 1.29 is 9.13 Å². The standard InChI is InChI=1S/C24H18N6O2P2/c31-33(19-5-1-9-25-13-19,20-6-2-10-26-14-20)23-17-29-18-24(30-23)34(32,21-7-3-11-27-15-21)22-8-4-12-28-16-22/h1-18H. The molecule has 0 aromatic carbocycles. The van der Waals surface area contributed by atoms with E-state index >= 15 is 0 Å². The van der Waals surface area contributed by atoms with Crippen molar-refractivity contribution in [3.05, 3.63) is 110 Å². The summed E-state index contributed by atoms with van der Waals surface area (Å²) in [5, 5.41) is 1.91. The van der Waals surface area contributed by atoms with E-state index in [0.29, 0.717) is 21.2 Å². The summed E-state index contributed by atoms with van der Waals surface area (Å²) in [4.78, 5) is 25.7. The molecule has 5 rings (SSSR count). The summed E-state index contributed by atoms with van der Waals surface area (Å²) in [6, 6.07) is 13.8. The fraction of sp³-hybridized carbons (Fsp3) is 0. The minimum atomic E-state index is -3.51. The van der Waals surface area contributed by atoms with Gasteiger partial charge in [-0.25, -0.2) is 4.98 Å². The van der Waals surface area contributed by atoms with Gasteiger partial charge in [-0.05, 0) is 48.5 Å². The second kappa shape index (κ2) is 9.18. The normalized spacial score (nSPS) is 11.8. The quantitative estimate of drug-likeness (QED) is 0.332. The van der Waals surface area contributed by atoms with Crippen LogP contribution in [0.25, 0.3) is 0 Å². The molecular formula is C24H18N6O2P2. The fourth-order valence-electron chi connectivity index (χ4n) is 3.64. The molecule has 0 saturated carbocycles. The number of aromatic nitrogens is 6. The number of pyridine rings is 4. The average molecular weight is 484 g/mol. The van der Waals surface area contributed by atoms with Crippen LogP contribution in [0.2, 0.25) is 0 Å². The molecule has 0 bridgehead atoms. The maximum absolute atomic E-state index is 14.7. The van der Waals surface area contributed by atoms with Gasteiger partial charge >= 0.3 is 0 Å². The Balaban J connectivity index is 1.76. The largest absolute Gasteiger partial charge is 0.307 e. The van der Waals surface area contributed by atoms with E-state index in [0.717, 1.165) is 0 Å². The molecule has 5 aromatic rings. The molecule has 5 aromatic heterocycles.